The lowest BCUT2D eigenvalue weighted by atomic mass is 9.91. The molecule has 0 unspecified atom stereocenters. The van der Waals surface area contributed by atoms with Crippen molar-refractivity contribution < 1.29 is 4.79 Å². The second-order valence-corrected chi connectivity index (χ2v) is 7.64. The van der Waals surface area contributed by atoms with E-state index >= 15 is 0 Å². The summed E-state index contributed by atoms with van der Waals surface area (Å²) < 4.78 is 0. The topological polar surface area (TPSA) is 44.9 Å². The van der Waals surface area contributed by atoms with Gasteiger partial charge in [-0.15, -0.1) is 0 Å². The average molecular weight is 343 g/mol. The summed E-state index contributed by atoms with van der Waals surface area (Å²) in [7, 11) is 0. The standard InChI is InChI=1S/C20H23ClN2O/c1-12-8-14(21)10-17-16-11-15(6-7-18(16)23-20(12)17)22-19(24)9-13-4-2-3-5-13/h2,4,8,10,13,15,23H,3,5-7,9,11H2,1H3,(H,22,24)/t13-,15-/m1/s1. The van der Waals surface area contributed by atoms with Crippen LogP contribution in [0.15, 0.2) is 24.3 Å². The zero-order chi connectivity index (χ0) is 16.7. The number of H-pyrrole nitrogens is 1. The van der Waals surface area contributed by atoms with Crippen LogP contribution >= 0.6 is 11.6 Å². The third-order valence-corrected chi connectivity index (χ3v) is 5.60. The van der Waals surface area contributed by atoms with Crippen LogP contribution in [-0.2, 0) is 17.6 Å². The molecule has 0 saturated carbocycles. The maximum Gasteiger partial charge on any atom is 0.220 e. The molecule has 2 N–H and O–H groups in total. The lowest BCUT2D eigenvalue weighted by Gasteiger charge is -2.24. The molecule has 4 heteroatoms. The van der Waals surface area contributed by atoms with Crippen molar-refractivity contribution in [3.05, 3.63) is 46.1 Å². The van der Waals surface area contributed by atoms with Crippen LogP contribution in [0.3, 0.4) is 0 Å². The fraction of sp³-hybridized carbons (Fsp3) is 0.450. The molecule has 126 valence electrons. The van der Waals surface area contributed by atoms with E-state index in [0.29, 0.717) is 12.3 Å². The van der Waals surface area contributed by atoms with Crippen molar-refractivity contribution >= 4 is 28.4 Å². The number of carbonyl (C=O) groups excluding carboxylic acids is 1. The number of aromatic amines is 1. The number of carbonyl (C=O) groups is 1. The first-order valence-corrected chi connectivity index (χ1v) is 9.23. The largest absolute Gasteiger partial charge is 0.358 e. The average Bonchev–Trinajstić information content (AvgIpc) is 3.15. The summed E-state index contributed by atoms with van der Waals surface area (Å²) in [4.78, 5) is 15.9. The van der Waals surface area contributed by atoms with Crippen molar-refractivity contribution in [2.45, 2.75) is 51.5 Å². The van der Waals surface area contributed by atoms with Crippen LogP contribution in [0.25, 0.3) is 10.9 Å². The van der Waals surface area contributed by atoms with Crippen LogP contribution in [0.1, 0.15) is 42.5 Å². The molecule has 0 spiro atoms. The Kier molecular flexibility index (Phi) is 4.13. The molecule has 0 fully saturated rings. The number of benzene rings is 1. The molecule has 2 aromatic rings. The number of halogens is 1. The van der Waals surface area contributed by atoms with E-state index in [1.165, 1.54) is 27.7 Å². The highest BCUT2D eigenvalue weighted by atomic mass is 35.5. The van der Waals surface area contributed by atoms with Crippen molar-refractivity contribution in [2.75, 3.05) is 0 Å². The molecule has 1 aromatic carbocycles. The smallest absolute Gasteiger partial charge is 0.220 e. The molecule has 0 saturated heterocycles. The molecular weight excluding hydrogens is 320 g/mol. The van der Waals surface area contributed by atoms with Crippen LogP contribution in [0.5, 0.6) is 0 Å². The molecule has 0 bridgehead atoms. The lowest BCUT2D eigenvalue weighted by Crippen LogP contribution is -2.39. The van der Waals surface area contributed by atoms with E-state index < -0.39 is 0 Å². The second kappa shape index (κ2) is 6.29. The van der Waals surface area contributed by atoms with Gasteiger partial charge in [0.1, 0.15) is 0 Å². The number of hydrogen-bond acceptors (Lipinski definition) is 1. The number of aryl methyl sites for hydroxylation is 2. The molecule has 4 rings (SSSR count). The minimum absolute atomic E-state index is 0.189. The van der Waals surface area contributed by atoms with Gasteiger partial charge in [-0.05, 0) is 68.2 Å². The van der Waals surface area contributed by atoms with Crippen molar-refractivity contribution in [1.29, 1.82) is 0 Å². The number of fused-ring (bicyclic) bond motifs is 3. The zero-order valence-electron chi connectivity index (χ0n) is 14.0. The third-order valence-electron chi connectivity index (χ3n) is 5.38. The van der Waals surface area contributed by atoms with Crippen molar-refractivity contribution in [1.82, 2.24) is 10.3 Å². The van der Waals surface area contributed by atoms with Crippen LogP contribution in [0, 0.1) is 12.8 Å². The summed E-state index contributed by atoms with van der Waals surface area (Å²) in [6.45, 7) is 2.09. The molecule has 24 heavy (non-hydrogen) atoms. The first kappa shape index (κ1) is 15.8. The van der Waals surface area contributed by atoms with E-state index in [1.807, 2.05) is 12.1 Å². The van der Waals surface area contributed by atoms with Crippen LogP contribution in [-0.4, -0.2) is 16.9 Å². The summed E-state index contributed by atoms with van der Waals surface area (Å²) in [5.74, 6) is 0.618. The Morgan fingerprint density at radius 3 is 3.04 bits per heavy atom. The Morgan fingerprint density at radius 1 is 1.38 bits per heavy atom. The molecule has 2 aliphatic carbocycles. The van der Waals surface area contributed by atoms with Crippen molar-refractivity contribution in [3.63, 3.8) is 0 Å². The summed E-state index contributed by atoms with van der Waals surface area (Å²) in [6, 6.07) is 4.28. The molecule has 1 heterocycles. The minimum Gasteiger partial charge on any atom is -0.358 e. The number of nitrogens with one attached hydrogen (secondary N) is 2. The fourth-order valence-corrected chi connectivity index (χ4v) is 4.44. The van der Waals surface area contributed by atoms with Crippen LogP contribution < -0.4 is 5.32 Å². The van der Waals surface area contributed by atoms with Gasteiger partial charge in [-0.1, -0.05) is 23.8 Å². The Bertz CT molecular complexity index is 821. The molecule has 0 aliphatic heterocycles. The van der Waals surface area contributed by atoms with Gasteiger partial charge in [-0.3, -0.25) is 4.79 Å². The van der Waals surface area contributed by atoms with Gasteiger partial charge < -0.3 is 10.3 Å². The van der Waals surface area contributed by atoms with Gasteiger partial charge in [-0.25, -0.2) is 0 Å². The van der Waals surface area contributed by atoms with Gasteiger partial charge in [0.15, 0.2) is 0 Å². The number of allylic oxidation sites excluding steroid dienone is 2. The highest BCUT2D eigenvalue weighted by Crippen LogP contribution is 2.33. The SMILES string of the molecule is Cc1cc(Cl)cc2c3c([nH]c12)CC[C@@H](NC(=O)C[C@@H]1C=CCC1)C3. The molecule has 3 nitrogen and oxygen atoms in total. The maximum atomic E-state index is 12.3. The Balaban J connectivity index is 1.50. The van der Waals surface area contributed by atoms with Crippen molar-refractivity contribution in [3.8, 4) is 0 Å². The first-order valence-electron chi connectivity index (χ1n) is 8.86. The number of amides is 1. The van der Waals surface area contributed by atoms with Crippen molar-refractivity contribution in [2.24, 2.45) is 5.92 Å². The summed E-state index contributed by atoms with van der Waals surface area (Å²) in [6.07, 6.45) is 10.1. The monoisotopic (exact) mass is 342 g/mol. The number of hydrogen-bond donors (Lipinski definition) is 2. The number of aromatic nitrogens is 1. The molecular formula is C20H23ClN2O. The van der Waals surface area contributed by atoms with Gasteiger partial charge in [0.25, 0.3) is 0 Å². The van der Waals surface area contributed by atoms with E-state index in [1.54, 1.807) is 0 Å². The van der Waals surface area contributed by atoms with Crippen LogP contribution in [0.2, 0.25) is 5.02 Å². The molecule has 0 radical (unpaired) electrons. The zero-order valence-corrected chi connectivity index (χ0v) is 14.7. The Hall–Kier alpha value is -1.74. The quantitative estimate of drug-likeness (QED) is 0.795. The molecule has 2 aliphatic rings. The number of rotatable bonds is 3. The first-order chi connectivity index (χ1) is 11.6. The fourth-order valence-electron chi connectivity index (χ4n) is 4.16. The predicted molar refractivity (Wildman–Crippen MR) is 98.5 cm³/mol. The molecule has 2 atom stereocenters. The van der Waals surface area contributed by atoms with E-state index in [9.17, 15) is 4.79 Å². The lowest BCUT2D eigenvalue weighted by molar-refractivity contribution is -0.122. The van der Waals surface area contributed by atoms with Gasteiger partial charge in [-0.2, -0.15) is 0 Å². The molecule has 1 aromatic heterocycles. The normalized spacial score (nSPS) is 22.8. The summed E-state index contributed by atoms with van der Waals surface area (Å²) in [5.41, 5.74) is 5.00. The van der Waals surface area contributed by atoms with E-state index in [2.05, 4.69) is 29.4 Å². The summed E-state index contributed by atoms with van der Waals surface area (Å²) >= 11 is 6.25. The minimum atomic E-state index is 0.189. The van der Waals surface area contributed by atoms with Gasteiger partial charge >= 0.3 is 0 Å². The summed E-state index contributed by atoms with van der Waals surface area (Å²) in [5, 5.41) is 5.24. The second-order valence-electron chi connectivity index (χ2n) is 7.20. The Labute approximate surface area is 147 Å². The highest BCUT2D eigenvalue weighted by Gasteiger charge is 2.25. The predicted octanol–water partition coefficient (Wildman–Crippen LogP) is 4.46. The Morgan fingerprint density at radius 2 is 2.25 bits per heavy atom. The van der Waals surface area contributed by atoms with E-state index in [4.69, 9.17) is 11.6 Å². The van der Waals surface area contributed by atoms with Gasteiger partial charge in [0, 0.05) is 34.1 Å². The van der Waals surface area contributed by atoms with E-state index in [-0.39, 0.29) is 11.9 Å². The van der Waals surface area contributed by atoms with Crippen LogP contribution in [0.4, 0.5) is 0 Å². The van der Waals surface area contributed by atoms with Gasteiger partial charge in [0.2, 0.25) is 5.91 Å². The molecule has 1 amide bonds. The maximum absolute atomic E-state index is 12.3. The highest BCUT2D eigenvalue weighted by molar-refractivity contribution is 6.31. The van der Waals surface area contributed by atoms with E-state index in [0.717, 1.165) is 37.1 Å². The third kappa shape index (κ3) is 2.98. The van der Waals surface area contributed by atoms with Gasteiger partial charge in [0.05, 0.1) is 0 Å².